The Morgan fingerprint density at radius 3 is 2.75 bits per heavy atom. The van der Waals surface area contributed by atoms with Crippen LogP contribution in [0.25, 0.3) is 0 Å². The summed E-state index contributed by atoms with van der Waals surface area (Å²) in [7, 11) is 2.07. The lowest BCUT2D eigenvalue weighted by Crippen LogP contribution is -2.38. The molecule has 3 atom stereocenters. The van der Waals surface area contributed by atoms with Crippen LogP contribution in [-0.4, -0.2) is 38.8 Å². The van der Waals surface area contributed by atoms with Crippen LogP contribution in [0, 0.1) is 0 Å². The summed E-state index contributed by atoms with van der Waals surface area (Å²) < 4.78 is 3.27. The third kappa shape index (κ3) is 3.39. The van der Waals surface area contributed by atoms with E-state index in [0.29, 0.717) is 22.6 Å². The molecule has 0 amide bonds. The number of nitrogens with zero attached hydrogens (tertiary/aromatic N) is 2. The molecule has 20 heavy (non-hydrogen) atoms. The van der Waals surface area contributed by atoms with Gasteiger partial charge in [-0.3, -0.25) is 4.68 Å². The number of nitrogens with one attached hydrogen (secondary N) is 1. The Balaban J connectivity index is 2.34. The van der Waals surface area contributed by atoms with E-state index >= 15 is 0 Å². The molecule has 0 radical (unpaired) electrons. The van der Waals surface area contributed by atoms with Crippen LogP contribution in [0.5, 0.6) is 0 Å². The third-order valence-electron chi connectivity index (χ3n) is 3.70. The Labute approximate surface area is 139 Å². The van der Waals surface area contributed by atoms with E-state index in [0.717, 1.165) is 4.47 Å². The summed E-state index contributed by atoms with van der Waals surface area (Å²) in [6, 6.07) is 0.727. The number of rotatable bonds is 5. The van der Waals surface area contributed by atoms with Crippen molar-refractivity contribution in [2.45, 2.75) is 49.8 Å². The maximum absolute atomic E-state index is 4.54. The lowest BCUT2D eigenvalue weighted by Gasteiger charge is -2.36. The van der Waals surface area contributed by atoms with Gasteiger partial charge in [-0.05, 0) is 43.2 Å². The predicted octanol–water partition coefficient (Wildman–Crippen LogP) is 4.11. The summed E-state index contributed by atoms with van der Waals surface area (Å²) >= 11 is 7.93. The van der Waals surface area contributed by atoms with Crippen LogP contribution in [0.2, 0.25) is 0 Å². The normalized spacial score (nSPS) is 25.1. The fourth-order valence-corrected chi connectivity index (χ4v) is 6.54. The highest BCUT2D eigenvalue weighted by molar-refractivity contribution is 9.10. The molecule has 1 N–H and O–H groups in total. The molecule has 1 aliphatic rings. The van der Waals surface area contributed by atoms with Gasteiger partial charge in [0.15, 0.2) is 0 Å². The van der Waals surface area contributed by atoms with Gasteiger partial charge in [0.2, 0.25) is 0 Å². The summed E-state index contributed by atoms with van der Waals surface area (Å²) in [6.07, 6.45) is 3.16. The Morgan fingerprint density at radius 2 is 2.15 bits per heavy atom. The van der Waals surface area contributed by atoms with E-state index in [1.54, 1.807) is 0 Å². The summed E-state index contributed by atoms with van der Waals surface area (Å²) in [4.78, 5) is 0. The summed E-state index contributed by atoms with van der Waals surface area (Å²) in [5, 5.41) is 9.42. The van der Waals surface area contributed by atoms with E-state index in [4.69, 9.17) is 0 Å². The van der Waals surface area contributed by atoms with Crippen molar-refractivity contribution in [3.63, 3.8) is 0 Å². The second kappa shape index (κ2) is 7.56. The molecule has 6 heteroatoms. The van der Waals surface area contributed by atoms with Crippen molar-refractivity contribution in [1.29, 1.82) is 0 Å². The highest BCUT2D eigenvalue weighted by Crippen LogP contribution is 2.42. The van der Waals surface area contributed by atoms with Crippen molar-refractivity contribution < 1.29 is 0 Å². The zero-order chi connectivity index (χ0) is 14.7. The Hall–Kier alpha value is 0.350. The van der Waals surface area contributed by atoms with Gasteiger partial charge < -0.3 is 5.32 Å². The van der Waals surface area contributed by atoms with Crippen LogP contribution < -0.4 is 5.32 Å². The molecular weight excluding hydrogens is 354 g/mol. The van der Waals surface area contributed by atoms with Crippen molar-refractivity contribution in [3.05, 3.63) is 16.4 Å². The first-order valence-corrected chi connectivity index (χ1v) is 10.1. The fraction of sp³-hybridized carbons (Fsp3) is 0.786. The number of aromatic nitrogens is 2. The molecule has 114 valence electrons. The fourth-order valence-electron chi connectivity index (χ4n) is 2.76. The number of thioether (sulfide) groups is 2. The number of hydrogen-bond donors (Lipinski definition) is 1. The van der Waals surface area contributed by atoms with Gasteiger partial charge in [-0.15, -0.1) is 0 Å². The van der Waals surface area contributed by atoms with Crippen LogP contribution in [0.4, 0.5) is 0 Å². The standard InChI is InChI=1S/C14H24BrN3S2/c1-5-11-14(20-7-6-19-11)12(16-4)13-10(15)8-17-18(13)9(2)3/h8-9,11-12,14,16H,5-7H2,1-4H3. The van der Waals surface area contributed by atoms with Crippen molar-refractivity contribution in [2.24, 2.45) is 0 Å². The molecule has 0 saturated carbocycles. The smallest absolute Gasteiger partial charge is 0.0710 e. The molecule has 2 rings (SSSR count). The quantitative estimate of drug-likeness (QED) is 0.835. The molecule has 1 aromatic heterocycles. The van der Waals surface area contributed by atoms with Gasteiger partial charge in [0.25, 0.3) is 0 Å². The largest absolute Gasteiger partial charge is 0.311 e. The monoisotopic (exact) mass is 377 g/mol. The molecule has 2 heterocycles. The highest BCUT2D eigenvalue weighted by Gasteiger charge is 2.35. The second-order valence-electron chi connectivity index (χ2n) is 5.34. The molecule has 1 aliphatic heterocycles. The molecule has 0 aliphatic carbocycles. The van der Waals surface area contributed by atoms with E-state index in [-0.39, 0.29) is 0 Å². The van der Waals surface area contributed by atoms with Gasteiger partial charge in [-0.2, -0.15) is 28.6 Å². The SMILES string of the molecule is CCC1SCCSC1C(NC)c1c(Br)cnn1C(C)C. The summed E-state index contributed by atoms with van der Waals surface area (Å²) in [6.45, 7) is 6.68. The van der Waals surface area contributed by atoms with Crippen molar-refractivity contribution in [3.8, 4) is 0 Å². The van der Waals surface area contributed by atoms with Gasteiger partial charge in [-0.1, -0.05) is 6.92 Å². The third-order valence-corrected chi connectivity index (χ3v) is 7.67. The number of halogens is 1. The predicted molar refractivity (Wildman–Crippen MR) is 94.9 cm³/mol. The van der Waals surface area contributed by atoms with Crippen LogP contribution in [-0.2, 0) is 0 Å². The lowest BCUT2D eigenvalue weighted by atomic mass is 10.1. The van der Waals surface area contributed by atoms with Crippen molar-refractivity contribution in [2.75, 3.05) is 18.6 Å². The average Bonchev–Trinajstić information content (AvgIpc) is 2.83. The molecule has 0 aromatic carbocycles. The molecule has 3 unspecified atom stereocenters. The van der Waals surface area contributed by atoms with Crippen LogP contribution >= 0.6 is 39.5 Å². The molecule has 0 bridgehead atoms. The molecule has 1 aromatic rings. The van der Waals surface area contributed by atoms with Crippen LogP contribution in [0.3, 0.4) is 0 Å². The van der Waals surface area contributed by atoms with Crippen molar-refractivity contribution >= 4 is 39.5 Å². The van der Waals surface area contributed by atoms with Gasteiger partial charge in [0, 0.05) is 28.0 Å². The molecule has 0 spiro atoms. The van der Waals surface area contributed by atoms with E-state index in [2.05, 4.69) is 82.4 Å². The van der Waals surface area contributed by atoms with Gasteiger partial charge in [0.05, 0.1) is 22.4 Å². The molecule has 1 fully saturated rings. The van der Waals surface area contributed by atoms with Crippen molar-refractivity contribution in [1.82, 2.24) is 15.1 Å². The topological polar surface area (TPSA) is 29.9 Å². The molecule has 3 nitrogen and oxygen atoms in total. The first kappa shape index (κ1) is 16.7. The lowest BCUT2D eigenvalue weighted by molar-refractivity contribution is 0.446. The molecule has 1 saturated heterocycles. The van der Waals surface area contributed by atoms with E-state index in [1.165, 1.54) is 23.6 Å². The summed E-state index contributed by atoms with van der Waals surface area (Å²) in [5.74, 6) is 2.53. The number of hydrogen-bond acceptors (Lipinski definition) is 4. The minimum Gasteiger partial charge on any atom is -0.311 e. The van der Waals surface area contributed by atoms with E-state index in [1.807, 2.05) is 6.20 Å². The average molecular weight is 378 g/mol. The Kier molecular flexibility index (Phi) is 6.32. The van der Waals surface area contributed by atoms with Crippen LogP contribution in [0.15, 0.2) is 10.7 Å². The minimum atomic E-state index is 0.344. The Morgan fingerprint density at radius 1 is 1.45 bits per heavy atom. The van der Waals surface area contributed by atoms with E-state index < -0.39 is 0 Å². The first-order chi connectivity index (χ1) is 9.60. The summed E-state index contributed by atoms with van der Waals surface area (Å²) in [5.41, 5.74) is 1.29. The van der Waals surface area contributed by atoms with Crippen LogP contribution in [0.1, 0.15) is 45.0 Å². The highest BCUT2D eigenvalue weighted by atomic mass is 79.9. The zero-order valence-electron chi connectivity index (χ0n) is 12.6. The van der Waals surface area contributed by atoms with Gasteiger partial charge in [-0.25, -0.2) is 0 Å². The van der Waals surface area contributed by atoms with E-state index in [9.17, 15) is 0 Å². The minimum absolute atomic E-state index is 0.344. The maximum Gasteiger partial charge on any atom is 0.0710 e. The van der Waals surface area contributed by atoms with Gasteiger partial charge >= 0.3 is 0 Å². The Bertz CT molecular complexity index is 436. The van der Waals surface area contributed by atoms with Gasteiger partial charge in [0.1, 0.15) is 0 Å². The molecular formula is C14H24BrN3S2. The maximum atomic E-state index is 4.54. The first-order valence-electron chi connectivity index (χ1n) is 7.23. The zero-order valence-corrected chi connectivity index (χ0v) is 15.8. The second-order valence-corrected chi connectivity index (χ2v) is 8.82.